The van der Waals surface area contributed by atoms with E-state index in [1.807, 2.05) is 0 Å². The average Bonchev–Trinajstić information content (AvgIpc) is 2.33. The maximum atomic E-state index is 2.44. The Hall–Kier alpha value is -0.260. The van der Waals surface area contributed by atoms with Crippen LogP contribution in [-0.4, -0.2) is 0 Å². The first kappa shape index (κ1) is 8.83. The van der Waals surface area contributed by atoms with Gasteiger partial charge in [0.2, 0.25) is 0 Å². The summed E-state index contributed by atoms with van der Waals surface area (Å²) in [5, 5.41) is 0. The third-order valence-corrected chi connectivity index (χ3v) is 3.09. The van der Waals surface area contributed by atoms with Crippen molar-refractivity contribution in [2.45, 2.75) is 41.0 Å². The normalized spacial score (nSPS) is 33.2. The van der Waals surface area contributed by atoms with Crippen molar-refractivity contribution in [1.29, 1.82) is 0 Å². The summed E-state index contributed by atoms with van der Waals surface area (Å²) in [5.41, 5.74) is 2.06. The largest absolute Gasteiger partial charge is 0.0819 e. The molecular weight excluding hydrogens is 132 g/mol. The van der Waals surface area contributed by atoms with Gasteiger partial charge >= 0.3 is 0 Å². The van der Waals surface area contributed by atoms with Gasteiger partial charge in [-0.3, -0.25) is 0 Å². The summed E-state index contributed by atoms with van der Waals surface area (Å²) in [6.07, 6.45) is 3.77. The maximum absolute atomic E-state index is 2.44. The van der Waals surface area contributed by atoms with Crippen LogP contribution in [-0.2, 0) is 0 Å². The highest BCUT2D eigenvalue weighted by molar-refractivity contribution is 5.16. The lowest BCUT2D eigenvalue weighted by atomic mass is 10.1. The summed E-state index contributed by atoms with van der Waals surface area (Å²) < 4.78 is 0. The minimum Gasteiger partial charge on any atom is -0.0819 e. The van der Waals surface area contributed by atoms with E-state index < -0.39 is 0 Å². The Morgan fingerprint density at radius 2 is 1.91 bits per heavy atom. The molecule has 0 heterocycles. The molecule has 0 nitrogen and oxygen atoms in total. The third kappa shape index (κ3) is 1.50. The Bertz CT molecular complexity index is 170. The first-order valence-corrected chi connectivity index (χ1v) is 4.65. The van der Waals surface area contributed by atoms with E-state index in [-0.39, 0.29) is 0 Å². The highest BCUT2D eigenvalue weighted by atomic mass is 14.6. The second-order valence-corrected chi connectivity index (χ2v) is 4.61. The molecule has 0 saturated heterocycles. The van der Waals surface area contributed by atoms with Gasteiger partial charge in [0.1, 0.15) is 0 Å². The van der Waals surface area contributed by atoms with Gasteiger partial charge in [0.25, 0.3) is 0 Å². The van der Waals surface area contributed by atoms with E-state index in [1.54, 1.807) is 0 Å². The van der Waals surface area contributed by atoms with Crippen LogP contribution in [0.5, 0.6) is 0 Å². The molecule has 0 bridgehead atoms. The van der Waals surface area contributed by atoms with Crippen molar-refractivity contribution in [1.82, 2.24) is 0 Å². The van der Waals surface area contributed by atoms with Crippen molar-refractivity contribution in [3.05, 3.63) is 11.6 Å². The van der Waals surface area contributed by atoms with Crippen LogP contribution in [0.15, 0.2) is 11.6 Å². The van der Waals surface area contributed by atoms with Crippen LogP contribution in [0.4, 0.5) is 0 Å². The van der Waals surface area contributed by atoms with Crippen LogP contribution in [0.3, 0.4) is 0 Å². The number of hydrogen-bond donors (Lipinski definition) is 0. The van der Waals surface area contributed by atoms with Crippen LogP contribution < -0.4 is 0 Å². The van der Waals surface area contributed by atoms with E-state index in [9.17, 15) is 0 Å². The summed E-state index contributed by atoms with van der Waals surface area (Å²) in [4.78, 5) is 0. The van der Waals surface area contributed by atoms with Crippen LogP contribution >= 0.6 is 0 Å². The minimum absolute atomic E-state index is 0.589. The third-order valence-electron chi connectivity index (χ3n) is 3.09. The van der Waals surface area contributed by atoms with Gasteiger partial charge in [-0.2, -0.15) is 0 Å². The monoisotopic (exact) mass is 152 g/mol. The lowest BCUT2D eigenvalue weighted by Gasteiger charge is -1.97. The van der Waals surface area contributed by atoms with E-state index >= 15 is 0 Å². The fourth-order valence-electron chi connectivity index (χ4n) is 2.26. The van der Waals surface area contributed by atoms with E-state index in [2.05, 4.69) is 40.7 Å². The zero-order chi connectivity index (χ0) is 8.65. The van der Waals surface area contributed by atoms with E-state index in [1.165, 1.54) is 12.0 Å². The quantitative estimate of drug-likeness (QED) is 0.530. The van der Waals surface area contributed by atoms with Gasteiger partial charge in [0.15, 0.2) is 0 Å². The van der Waals surface area contributed by atoms with Crippen LogP contribution in [0.2, 0.25) is 0 Å². The summed E-state index contributed by atoms with van der Waals surface area (Å²) >= 11 is 0. The molecule has 0 aromatic heterocycles. The highest BCUT2D eigenvalue weighted by Gasteiger charge is 2.54. The van der Waals surface area contributed by atoms with Crippen molar-refractivity contribution >= 4 is 0 Å². The molecular formula is C11H20. The van der Waals surface area contributed by atoms with Crippen LogP contribution in [0.25, 0.3) is 0 Å². The molecule has 0 spiro atoms. The molecule has 0 amide bonds. The Balaban J connectivity index is 2.59. The Labute approximate surface area is 70.7 Å². The molecule has 1 saturated carbocycles. The molecule has 1 unspecified atom stereocenters. The Kier molecular flexibility index (Phi) is 2.13. The molecule has 64 valence electrons. The summed E-state index contributed by atoms with van der Waals surface area (Å²) in [5.74, 6) is 1.80. The zero-order valence-electron chi connectivity index (χ0n) is 8.44. The molecule has 0 aromatic rings. The SMILES string of the molecule is CCC1[C@H](C=C(C)C)C1(C)C. The van der Waals surface area contributed by atoms with Crippen molar-refractivity contribution in [3.8, 4) is 0 Å². The Morgan fingerprint density at radius 1 is 1.36 bits per heavy atom. The lowest BCUT2D eigenvalue weighted by Crippen LogP contribution is -1.88. The highest BCUT2D eigenvalue weighted by Crippen LogP contribution is 2.60. The predicted molar refractivity (Wildman–Crippen MR) is 50.5 cm³/mol. The molecule has 0 aliphatic heterocycles. The molecule has 1 aliphatic rings. The van der Waals surface area contributed by atoms with Gasteiger partial charge in [0, 0.05) is 0 Å². The number of rotatable bonds is 2. The van der Waals surface area contributed by atoms with Gasteiger partial charge in [-0.25, -0.2) is 0 Å². The second-order valence-electron chi connectivity index (χ2n) is 4.61. The first-order chi connectivity index (χ1) is 5.00. The smallest absolute Gasteiger partial charge is 0.0143 e. The van der Waals surface area contributed by atoms with E-state index in [4.69, 9.17) is 0 Å². The van der Waals surface area contributed by atoms with Gasteiger partial charge in [-0.1, -0.05) is 38.8 Å². The van der Waals surface area contributed by atoms with Gasteiger partial charge < -0.3 is 0 Å². The summed E-state index contributed by atoms with van der Waals surface area (Å²) in [7, 11) is 0. The van der Waals surface area contributed by atoms with E-state index in [0.717, 1.165) is 11.8 Å². The second kappa shape index (κ2) is 2.66. The fraction of sp³-hybridized carbons (Fsp3) is 0.818. The van der Waals surface area contributed by atoms with Crippen LogP contribution in [0.1, 0.15) is 41.0 Å². The number of allylic oxidation sites excluding steroid dienone is 2. The fourth-order valence-corrected chi connectivity index (χ4v) is 2.26. The summed E-state index contributed by atoms with van der Waals surface area (Å²) in [6, 6.07) is 0. The molecule has 11 heavy (non-hydrogen) atoms. The number of hydrogen-bond acceptors (Lipinski definition) is 0. The first-order valence-electron chi connectivity index (χ1n) is 4.65. The lowest BCUT2D eigenvalue weighted by molar-refractivity contribution is 0.542. The molecule has 1 fully saturated rings. The molecule has 0 N–H and O–H groups in total. The topological polar surface area (TPSA) is 0 Å². The van der Waals surface area contributed by atoms with Crippen molar-refractivity contribution in [2.75, 3.05) is 0 Å². The Morgan fingerprint density at radius 3 is 2.18 bits per heavy atom. The van der Waals surface area contributed by atoms with Crippen molar-refractivity contribution in [2.24, 2.45) is 17.3 Å². The summed E-state index contributed by atoms with van der Waals surface area (Å²) in [6.45, 7) is 11.4. The molecule has 1 aliphatic carbocycles. The molecule has 0 aromatic carbocycles. The predicted octanol–water partition coefficient (Wildman–Crippen LogP) is 3.63. The maximum Gasteiger partial charge on any atom is -0.0143 e. The standard InChI is InChI=1S/C11H20/c1-6-9-10(7-8(2)3)11(9,4)5/h7,9-10H,6H2,1-5H3/t9?,10-/m0/s1. The molecule has 0 radical (unpaired) electrons. The van der Waals surface area contributed by atoms with Crippen molar-refractivity contribution in [3.63, 3.8) is 0 Å². The molecule has 2 atom stereocenters. The van der Waals surface area contributed by atoms with Crippen molar-refractivity contribution < 1.29 is 0 Å². The zero-order valence-corrected chi connectivity index (χ0v) is 8.44. The van der Waals surface area contributed by atoms with Gasteiger partial charge in [-0.05, 0) is 31.1 Å². The van der Waals surface area contributed by atoms with E-state index in [0.29, 0.717) is 5.41 Å². The molecule has 1 rings (SSSR count). The van der Waals surface area contributed by atoms with Crippen LogP contribution in [0, 0.1) is 17.3 Å². The average molecular weight is 152 g/mol. The molecule has 0 heteroatoms. The van der Waals surface area contributed by atoms with Gasteiger partial charge in [-0.15, -0.1) is 0 Å². The minimum atomic E-state index is 0.589. The van der Waals surface area contributed by atoms with Gasteiger partial charge in [0.05, 0.1) is 0 Å².